The van der Waals surface area contributed by atoms with Gasteiger partial charge in [-0.3, -0.25) is 9.97 Å². The van der Waals surface area contributed by atoms with E-state index in [-0.39, 0.29) is 19.0 Å². The first-order chi connectivity index (χ1) is 23.8. The average molecular weight is 654 g/mol. The van der Waals surface area contributed by atoms with Crippen LogP contribution in [0.2, 0.25) is 0 Å². The fourth-order valence-corrected chi connectivity index (χ4v) is 4.74. The molecule has 49 heavy (non-hydrogen) atoms. The van der Waals surface area contributed by atoms with Crippen molar-refractivity contribution in [1.82, 2.24) is 9.97 Å². The van der Waals surface area contributed by atoms with E-state index in [9.17, 15) is 15.3 Å². The lowest BCUT2D eigenvalue weighted by Crippen LogP contribution is -2.09. The standard InChI is InChI=1S/C23H20N4O2.C15H15N3O2/c1-16-23(29-15-18-5-7-20(25-2)8-6-18)22(19(14-28)12-26-16)13-27-21-9-3-17(11-24)4-10-21;1-10-15(20)14(12(9-19)7-17-10)8-18-13-4-2-11(6-16)3-5-13/h3-10,12,27-28H,13-15H2,1H3;2-5,7,18-20H,8-9H2,1H3. The number of aryl methyl sites for hydroxylation is 2. The van der Waals surface area contributed by atoms with Gasteiger partial charge in [-0.15, -0.1) is 0 Å². The number of aromatic hydroxyl groups is 1. The summed E-state index contributed by atoms with van der Waals surface area (Å²) in [7, 11) is 0. The molecule has 0 fully saturated rings. The van der Waals surface area contributed by atoms with Gasteiger partial charge in [0.25, 0.3) is 0 Å². The fourth-order valence-electron chi connectivity index (χ4n) is 4.74. The third-order valence-electron chi connectivity index (χ3n) is 7.59. The van der Waals surface area contributed by atoms with Crippen molar-refractivity contribution in [1.29, 1.82) is 10.5 Å². The molecule has 0 aliphatic carbocycles. The number of aromatic nitrogens is 2. The van der Waals surface area contributed by atoms with E-state index < -0.39 is 0 Å². The van der Waals surface area contributed by atoms with Crippen LogP contribution in [-0.4, -0.2) is 25.3 Å². The van der Waals surface area contributed by atoms with E-state index in [1.54, 1.807) is 67.8 Å². The van der Waals surface area contributed by atoms with E-state index >= 15 is 0 Å². The smallest absolute Gasteiger partial charge is 0.187 e. The monoisotopic (exact) mass is 653 g/mol. The van der Waals surface area contributed by atoms with Crippen molar-refractivity contribution in [3.05, 3.63) is 147 Å². The quantitative estimate of drug-likeness (QED) is 0.0982. The minimum Gasteiger partial charge on any atom is -0.506 e. The Balaban J connectivity index is 0.000000237. The predicted octanol–water partition coefficient (Wildman–Crippen LogP) is 6.57. The van der Waals surface area contributed by atoms with Gasteiger partial charge >= 0.3 is 0 Å². The summed E-state index contributed by atoms with van der Waals surface area (Å²) in [5.74, 6) is 0.727. The van der Waals surface area contributed by atoms with Gasteiger partial charge in [0.05, 0.1) is 54.4 Å². The van der Waals surface area contributed by atoms with Crippen LogP contribution in [-0.2, 0) is 32.9 Å². The summed E-state index contributed by atoms with van der Waals surface area (Å²) in [6.07, 6.45) is 3.22. The Morgan fingerprint density at radius 2 is 1.22 bits per heavy atom. The third kappa shape index (κ3) is 9.54. The Morgan fingerprint density at radius 1 is 0.735 bits per heavy atom. The molecule has 0 atom stereocenters. The molecular weight excluding hydrogens is 618 g/mol. The Kier molecular flexibility index (Phi) is 12.6. The first kappa shape index (κ1) is 35.4. The van der Waals surface area contributed by atoms with Gasteiger partial charge in [0.15, 0.2) is 5.69 Å². The van der Waals surface area contributed by atoms with Crippen molar-refractivity contribution in [2.45, 2.75) is 46.8 Å². The summed E-state index contributed by atoms with van der Waals surface area (Å²) in [5, 5.41) is 53.2. The molecule has 5 rings (SSSR count). The summed E-state index contributed by atoms with van der Waals surface area (Å²) < 4.78 is 6.06. The van der Waals surface area contributed by atoms with Crippen molar-refractivity contribution in [3.8, 4) is 23.6 Å². The van der Waals surface area contributed by atoms with Gasteiger partial charge in [-0.1, -0.05) is 24.3 Å². The van der Waals surface area contributed by atoms with Gasteiger partial charge in [0, 0.05) is 59.1 Å². The number of ether oxygens (including phenoxy) is 1. The van der Waals surface area contributed by atoms with Gasteiger partial charge in [-0.25, -0.2) is 4.85 Å². The summed E-state index contributed by atoms with van der Waals surface area (Å²) in [6.45, 7) is 11.4. The lowest BCUT2D eigenvalue weighted by Gasteiger charge is -2.18. The number of hydrogen-bond acceptors (Lipinski definition) is 10. The molecule has 0 radical (unpaired) electrons. The molecule has 3 aromatic carbocycles. The maximum absolute atomic E-state index is 10.0. The molecule has 5 aromatic rings. The second kappa shape index (κ2) is 17.5. The van der Waals surface area contributed by atoms with Crippen LogP contribution in [0.25, 0.3) is 4.85 Å². The molecule has 0 saturated carbocycles. The highest BCUT2D eigenvalue weighted by atomic mass is 16.5. The molecule has 11 nitrogen and oxygen atoms in total. The van der Waals surface area contributed by atoms with Crippen molar-refractivity contribution >= 4 is 17.1 Å². The Hall–Kier alpha value is -6.45. The predicted molar refractivity (Wildman–Crippen MR) is 185 cm³/mol. The van der Waals surface area contributed by atoms with Gasteiger partial charge in [-0.05, 0) is 67.9 Å². The largest absolute Gasteiger partial charge is 0.506 e. The van der Waals surface area contributed by atoms with Crippen LogP contribution in [0.1, 0.15) is 50.3 Å². The summed E-state index contributed by atoms with van der Waals surface area (Å²) in [5.41, 5.74) is 8.42. The zero-order valence-electron chi connectivity index (χ0n) is 27.1. The van der Waals surface area contributed by atoms with Crippen LogP contribution in [0.5, 0.6) is 11.5 Å². The van der Waals surface area contributed by atoms with Crippen LogP contribution in [0.15, 0.2) is 85.2 Å². The number of aliphatic hydroxyl groups is 2. The minimum atomic E-state index is -0.175. The second-order valence-electron chi connectivity index (χ2n) is 10.8. The number of nitrogens with one attached hydrogen (secondary N) is 2. The first-order valence-electron chi connectivity index (χ1n) is 15.2. The molecule has 11 heteroatoms. The Bertz CT molecular complexity index is 1990. The Morgan fingerprint density at radius 3 is 1.71 bits per heavy atom. The minimum absolute atomic E-state index is 0.0951. The van der Waals surface area contributed by atoms with E-state index in [1.807, 2.05) is 31.2 Å². The summed E-state index contributed by atoms with van der Waals surface area (Å²) in [6, 6.07) is 25.6. The Labute approximate surface area is 285 Å². The normalized spacial score (nSPS) is 10.1. The van der Waals surface area contributed by atoms with Crippen LogP contribution in [0.3, 0.4) is 0 Å². The molecule has 246 valence electrons. The van der Waals surface area contributed by atoms with Crippen molar-refractivity contribution in [2.24, 2.45) is 0 Å². The van der Waals surface area contributed by atoms with Crippen LogP contribution in [0.4, 0.5) is 17.1 Å². The molecule has 0 aliphatic rings. The highest BCUT2D eigenvalue weighted by Crippen LogP contribution is 2.28. The van der Waals surface area contributed by atoms with Gasteiger partial charge in [0.1, 0.15) is 18.1 Å². The lowest BCUT2D eigenvalue weighted by molar-refractivity contribution is 0.273. The van der Waals surface area contributed by atoms with Crippen molar-refractivity contribution in [2.75, 3.05) is 10.6 Å². The number of nitrogens with zero attached hydrogens (tertiary/aromatic N) is 5. The van der Waals surface area contributed by atoms with Gasteiger partial charge < -0.3 is 30.7 Å². The fraction of sp³-hybridized carbons (Fsp3) is 0.184. The average Bonchev–Trinajstić information content (AvgIpc) is 3.15. The molecule has 0 unspecified atom stereocenters. The second-order valence-corrected chi connectivity index (χ2v) is 10.8. The van der Waals surface area contributed by atoms with E-state index in [4.69, 9.17) is 21.8 Å². The number of aliphatic hydroxyl groups excluding tert-OH is 2. The van der Waals surface area contributed by atoms with Crippen LogP contribution >= 0.6 is 0 Å². The molecule has 5 N–H and O–H groups in total. The van der Waals surface area contributed by atoms with E-state index in [0.717, 1.165) is 28.2 Å². The molecule has 0 bridgehead atoms. The molecule has 0 aliphatic heterocycles. The van der Waals surface area contributed by atoms with Crippen molar-refractivity contribution < 1.29 is 20.1 Å². The SMILES string of the molecule is Cc1ncc(CO)c(CNc2ccc(C#N)cc2)c1O.[C-]#[N+]c1ccc(COc2c(C)ncc(CO)c2CNc2ccc(C#N)cc2)cc1. The van der Waals surface area contributed by atoms with E-state index in [2.05, 4.69) is 37.6 Å². The molecule has 2 heterocycles. The maximum atomic E-state index is 10.0. The maximum Gasteiger partial charge on any atom is 0.187 e. The van der Waals surface area contributed by atoms with Gasteiger partial charge in [-0.2, -0.15) is 10.5 Å². The summed E-state index contributed by atoms with van der Waals surface area (Å²) >= 11 is 0. The zero-order chi connectivity index (χ0) is 35.2. The first-order valence-corrected chi connectivity index (χ1v) is 15.2. The van der Waals surface area contributed by atoms with E-state index in [1.165, 1.54) is 0 Å². The highest BCUT2D eigenvalue weighted by molar-refractivity contribution is 5.52. The van der Waals surface area contributed by atoms with Crippen LogP contribution < -0.4 is 15.4 Å². The van der Waals surface area contributed by atoms with Gasteiger partial charge in [0.2, 0.25) is 0 Å². The number of hydrogen-bond donors (Lipinski definition) is 5. The number of pyridine rings is 2. The number of benzene rings is 3. The zero-order valence-corrected chi connectivity index (χ0v) is 27.1. The number of anilines is 2. The molecule has 2 aromatic heterocycles. The van der Waals surface area contributed by atoms with E-state index in [0.29, 0.717) is 64.6 Å². The molecule has 0 saturated heterocycles. The van der Waals surface area contributed by atoms with Crippen LogP contribution in [0, 0.1) is 43.1 Å². The lowest BCUT2D eigenvalue weighted by atomic mass is 10.1. The van der Waals surface area contributed by atoms with Crippen molar-refractivity contribution in [3.63, 3.8) is 0 Å². The topological polar surface area (TPSA) is 172 Å². The number of nitriles is 2. The molecular formula is C38H35N7O4. The third-order valence-corrected chi connectivity index (χ3v) is 7.59. The molecule has 0 spiro atoms. The summed E-state index contributed by atoms with van der Waals surface area (Å²) in [4.78, 5) is 11.7. The highest BCUT2D eigenvalue weighted by Gasteiger charge is 2.15. The molecule has 0 amide bonds. The number of rotatable bonds is 11.